The molecule has 0 saturated carbocycles. The molecule has 2 unspecified atom stereocenters. The van der Waals surface area contributed by atoms with E-state index >= 15 is 0 Å². The van der Waals surface area contributed by atoms with Gasteiger partial charge >= 0.3 is 0 Å². The lowest BCUT2D eigenvalue weighted by atomic mass is 9.81. The number of rotatable bonds is 3. The highest BCUT2D eigenvalue weighted by Crippen LogP contribution is 2.27. The van der Waals surface area contributed by atoms with E-state index in [2.05, 4.69) is 44.8 Å². The van der Waals surface area contributed by atoms with Gasteiger partial charge in [-0.3, -0.25) is 4.99 Å². The van der Waals surface area contributed by atoms with Gasteiger partial charge in [-0.2, -0.15) is 0 Å². The standard InChI is InChI=1S/C15H29N3/c1-11(2)15(4,5)10-17-14-16-8-13-7-6-12(3)9-18(13)14/h11-13H,6-10H2,1-5H3,(H,16,17). The minimum Gasteiger partial charge on any atom is -0.356 e. The quantitative estimate of drug-likeness (QED) is 0.835. The Kier molecular flexibility index (Phi) is 3.88. The first-order chi connectivity index (χ1) is 8.40. The molecule has 2 aliphatic rings. The van der Waals surface area contributed by atoms with Crippen molar-refractivity contribution in [2.75, 3.05) is 19.6 Å². The summed E-state index contributed by atoms with van der Waals surface area (Å²) in [6.45, 7) is 14.8. The van der Waals surface area contributed by atoms with Crippen LogP contribution in [0.15, 0.2) is 4.99 Å². The molecule has 0 aliphatic carbocycles. The van der Waals surface area contributed by atoms with E-state index in [1.165, 1.54) is 19.4 Å². The Balaban J connectivity index is 1.90. The van der Waals surface area contributed by atoms with E-state index in [4.69, 9.17) is 4.99 Å². The summed E-state index contributed by atoms with van der Waals surface area (Å²) in [5, 5.41) is 3.60. The van der Waals surface area contributed by atoms with Gasteiger partial charge in [-0.15, -0.1) is 0 Å². The molecule has 2 rings (SSSR count). The zero-order valence-corrected chi connectivity index (χ0v) is 12.7. The molecular weight excluding hydrogens is 222 g/mol. The molecule has 2 atom stereocenters. The van der Waals surface area contributed by atoms with Crippen LogP contribution < -0.4 is 5.32 Å². The normalized spacial score (nSPS) is 28.3. The third-order valence-corrected chi connectivity index (χ3v) is 4.93. The molecular formula is C15H29N3. The van der Waals surface area contributed by atoms with Crippen molar-refractivity contribution in [2.24, 2.45) is 22.2 Å². The van der Waals surface area contributed by atoms with Crippen molar-refractivity contribution in [3.05, 3.63) is 0 Å². The van der Waals surface area contributed by atoms with Crippen LogP contribution in [0.25, 0.3) is 0 Å². The Morgan fingerprint density at radius 3 is 2.78 bits per heavy atom. The van der Waals surface area contributed by atoms with Gasteiger partial charge in [-0.1, -0.05) is 34.6 Å². The van der Waals surface area contributed by atoms with Gasteiger partial charge in [0.1, 0.15) is 0 Å². The number of hydrogen-bond donors (Lipinski definition) is 1. The fraction of sp³-hybridized carbons (Fsp3) is 0.933. The Labute approximate surface area is 112 Å². The third-order valence-electron chi connectivity index (χ3n) is 4.93. The maximum atomic E-state index is 4.71. The van der Waals surface area contributed by atoms with E-state index < -0.39 is 0 Å². The van der Waals surface area contributed by atoms with Crippen LogP contribution in [0.3, 0.4) is 0 Å². The second-order valence-electron chi connectivity index (χ2n) is 7.15. The molecule has 0 radical (unpaired) electrons. The molecule has 2 aliphatic heterocycles. The molecule has 0 bridgehead atoms. The maximum absolute atomic E-state index is 4.71. The molecule has 0 aromatic heterocycles. The molecule has 0 spiro atoms. The Morgan fingerprint density at radius 2 is 2.11 bits per heavy atom. The lowest BCUT2D eigenvalue weighted by Gasteiger charge is -2.37. The van der Waals surface area contributed by atoms with Gasteiger partial charge in [-0.05, 0) is 30.1 Å². The summed E-state index contributed by atoms with van der Waals surface area (Å²) < 4.78 is 0. The van der Waals surface area contributed by atoms with E-state index in [1.807, 2.05) is 0 Å². The summed E-state index contributed by atoms with van der Waals surface area (Å²) in [4.78, 5) is 7.21. The van der Waals surface area contributed by atoms with Crippen molar-refractivity contribution in [3.63, 3.8) is 0 Å². The summed E-state index contributed by atoms with van der Waals surface area (Å²) in [7, 11) is 0. The fourth-order valence-electron chi connectivity index (χ4n) is 2.61. The van der Waals surface area contributed by atoms with Crippen molar-refractivity contribution >= 4 is 5.96 Å². The highest BCUT2D eigenvalue weighted by atomic mass is 15.4. The zero-order chi connectivity index (χ0) is 13.3. The first kappa shape index (κ1) is 13.7. The number of nitrogens with one attached hydrogen (secondary N) is 1. The Hall–Kier alpha value is -0.730. The van der Waals surface area contributed by atoms with Crippen LogP contribution >= 0.6 is 0 Å². The van der Waals surface area contributed by atoms with E-state index in [0.29, 0.717) is 17.4 Å². The summed E-state index contributed by atoms with van der Waals surface area (Å²) in [5.41, 5.74) is 0.321. The molecule has 1 N–H and O–H groups in total. The van der Waals surface area contributed by atoms with Crippen LogP contribution in [0.4, 0.5) is 0 Å². The average molecular weight is 251 g/mol. The highest BCUT2D eigenvalue weighted by molar-refractivity contribution is 5.82. The SMILES string of the molecule is CC1CCC2CN=C(NCC(C)(C)C(C)C)N2C1. The first-order valence-electron chi connectivity index (χ1n) is 7.45. The van der Waals surface area contributed by atoms with Crippen molar-refractivity contribution < 1.29 is 0 Å². The summed E-state index contributed by atoms with van der Waals surface area (Å²) in [5.74, 6) is 2.65. The van der Waals surface area contributed by atoms with Gasteiger partial charge in [-0.25, -0.2) is 0 Å². The molecule has 2 heterocycles. The predicted molar refractivity (Wildman–Crippen MR) is 77.8 cm³/mol. The molecule has 0 aromatic carbocycles. The van der Waals surface area contributed by atoms with Crippen LogP contribution in [-0.2, 0) is 0 Å². The number of aliphatic imine (C=N–C) groups is 1. The maximum Gasteiger partial charge on any atom is 0.194 e. The van der Waals surface area contributed by atoms with Crippen LogP contribution in [0.1, 0.15) is 47.5 Å². The van der Waals surface area contributed by atoms with Crippen LogP contribution in [0.5, 0.6) is 0 Å². The van der Waals surface area contributed by atoms with Gasteiger partial charge in [0.15, 0.2) is 5.96 Å². The van der Waals surface area contributed by atoms with E-state index in [0.717, 1.165) is 25.0 Å². The molecule has 0 amide bonds. The molecule has 3 nitrogen and oxygen atoms in total. The van der Waals surface area contributed by atoms with Gasteiger partial charge in [0.25, 0.3) is 0 Å². The topological polar surface area (TPSA) is 27.6 Å². The van der Waals surface area contributed by atoms with Crippen molar-refractivity contribution in [3.8, 4) is 0 Å². The summed E-state index contributed by atoms with van der Waals surface area (Å²) in [6, 6.07) is 0.672. The number of guanidine groups is 1. The van der Waals surface area contributed by atoms with Gasteiger partial charge in [0.05, 0.1) is 12.6 Å². The number of piperidine rings is 1. The lowest BCUT2D eigenvalue weighted by molar-refractivity contribution is 0.203. The van der Waals surface area contributed by atoms with Crippen molar-refractivity contribution in [1.82, 2.24) is 10.2 Å². The Morgan fingerprint density at radius 1 is 1.39 bits per heavy atom. The summed E-state index contributed by atoms with van der Waals surface area (Å²) in [6.07, 6.45) is 2.67. The van der Waals surface area contributed by atoms with E-state index in [1.54, 1.807) is 0 Å². The van der Waals surface area contributed by atoms with Gasteiger partial charge in [0, 0.05) is 13.1 Å². The summed E-state index contributed by atoms with van der Waals surface area (Å²) >= 11 is 0. The van der Waals surface area contributed by atoms with Gasteiger partial charge < -0.3 is 10.2 Å². The minimum atomic E-state index is 0.321. The predicted octanol–water partition coefficient (Wildman–Crippen LogP) is 2.73. The molecule has 1 saturated heterocycles. The fourth-order valence-corrected chi connectivity index (χ4v) is 2.61. The average Bonchev–Trinajstić information content (AvgIpc) is 2.68. The van der Waals surface area contributed by atoms with Crippen LogP contribution in [-0.4, -0.2) is 36.5 Å². The number of fused-ring (bicyclic) bond motifs is 1. The Bertz CT molecular complexity index is 320. The van der Waals surface area contributed by atoms with Crippen molar-refractivity contribution in [2.45, 2.75) is 53.5 Å². The molecule has 18 heavy (non-hydrogen) atoms. The molecule has 0 aromatic rings. The van der Waals surface area contributed by atoms with Crippen LogP contribution in [0, 0.1) is 17.3 Å². The highest BCUT2D eigenvalue weighted by Gasteiger charge is 2.33. The third kappa shape index (κ3) is 2.81. The molecule has 104 valence electrons. The second-order valence-corrected chi connectivity index (χ2v) is 7.15. The smallest absolute Gasteiger partial charge is 0.194 e. The lowest BCUT2D eigenvalue weighted by Crippen LogP contribution is -2.50. The number of nitrogens with zero attached hydrogens (tertiary/aromatic N) is 2. The zero-order valence-electron chi connectivity index (χ0n) is 12.7. The molecule has 1 fully saturated rings. The van der Waals surface area contributed by atoms with E-state index in [-0.39, 0.29) is 0 Å². The van der Waals surface area contributed by atoms with Gasteiger partial charge in [0.2, 0.25) is 0 Å². The van der Waals surface area contributed by atoms with E-state index in [9.17, 15) is 0 Å². The largest absolute Gasteiger partial charge is 0.356 e. The van der Waals surface area contributed by atoms with Crippen molar-refractivity contribution in [1.29, 1.82) is 0 Å². The minimum absolute atomic E-state index is 0.321. The second kappa shape index (κ2) is 5.10. The molecule has 3 heteroatoms. The number of hydrogen-bond acceptors (Lipinski definition) is 3. The monoisotopic (exact) mass is 251 g/mol. The van der Waals surface area contributed by atoms with Crippen LogP contribution in [0.2, 0.25) is 0 Å². The first-order valence-corrected chi connectivity index (χ1v) is 7.45.